The molecule has 0 aromatic carbocycles. The molecule has 0 aliphatic carbocycles. The Hall–Kier alpha value is -1.13. The van der Waals surface area contributed by atoms with E-state index in [0.29, 0.717) is 0 Å². The Morgan fingerprint density at radius 1 is 1.05 bits per heavy atom. The molecule has 12 heteroatoms. The second-order valence-electron chi connectivity index (χ2n) is 12.0. The number of rotatable bonds is 8. The first-order chi connectivity index (χ1) is 17.1. The summed E-state index contributed by atoms with van der Waals surface area (Å²) in [6.07, 6.45) is -0.942. The van der Waals surface area contributed by atoms with Crippen LogP contribution in [-0.4, -0.2) is 59.9 Å². The number of hydrogen-bond donors (Lipinski definition) is 1. The molecule has 0 radical (unpaired) electrons. The predicted octanol–water partition coefficient (Wildman–Crippen LogP) is 4.71. The number of aromatic nitrogens is 2. The van der Waals surface area contributed by atoms with E-state index in [9.17, 15) is 9.59 Å². The molecule has 1 aromatic heterocycles. The van der Waals surface area contributed by atoms with Crippen molar-refractivity contribution in [2.75, 3.05) is 6.61 Å². The van der Waals surface area contributed by atoms with Crippen LogP contribution in [0.15, 0.2) is 34.1 Å². The van der Waals surface area contributed by atoms with Crippen LogP contribution in [0.2, 0.25) is 35.3 Å². The van der Waals surface area contributed by atoms with Gasteiger partial charge in [0.2, 0.25) is 8.32 Å². The average Bonchev–Trinajstić information content (AvgIpc) is 3.08. The minimum Gasteiger partial charge on any atom is -0.414 e. The van der Waals surface area contributed by atoms with Gasteiger partial charge in [-0.05, 0) is 35.3 Å². The van der Waals surface area contributed by atoms with Gasteiger partial charge in [-0.2, -0.15) is 0 Å². The van der Waals surface area contributed by atoms with Crippen LogP contribution in [0.5, 0.6) is 0 Å². The third kappa shape index (κ3) is 5.76. The first-order valence-electron chi connectivity index (χ1n) is 13.4. The normalized spacial score (nSPS) is 27.9. The van der Waals surface area contributed by atoms with E-state index < -0.39 is 61.2 Å². The summed E-state index contributed by atoms with van der Waals surface area (Å²) in [6, 6.07) is 1.32. The summed E-state index contributed by atoms with van der Waals surface area (Å²) >= 11 is 0. The van der Waals surface area contributed by atoms with Gasteiger partial charge in [-0.15, -0.1) is 6.58 Å². The maximum Gasteiger partial charge on any atom is 0.335 e. The Morgan fingerprint density at radius 3 is 2.11 bits per heavy atom. The van der Waals surface area contributed by atoms with Gasteiger partial charge in [0.1, 0.15) is 18.3 Å². The molecule has 2 aliphatic rings. The fraction of sp³-hybridized carbons (Fsp3) is 0.760. The van der Waals surface area contributed by atoms with E-state index in [1.54, 1.807) is 0 Å². The highest BCUT2D eigenvalue weighted by atomic mass is 28.5. The Labute approximate surface area is 224 Å². The molecule has 2 aliphatic heterocycles. The molecule has 3 rings (SSSR count). The molecule has 0 saturated carbocycles. The van der Waals surface area contributed by atoms with Crippen molar-refractivity contribution in [3.05, 3.63) is 45.4 Å². The molecule has 37 heavy (non-hydrogen) atoms. The third-order valence-corrected chi connectivity index (χ3v) is 19.8. The van der Waals surface area contributed by atoms with Gasteiger partial charge in [0.15, 0.2) is 6.23 Å². The molecular weight excluding hydrogens is 525 g/mol. The van der Waals surface area contributed by atoms with Crippen molar-refractivity contribution in [2.45, 2.75) is 115 Å². The van der Waals surface area contributed by atoms with Gasteiger partial charge in [-0.25, -0.2) is 4.79 Å². The minimum absolute atomic E-state index is 0.138. The fourth-order valence-corrected chi connectivity index (χ4v) is 17.8. The number of fused-ring (bicyclic) bond motifs is 1. The second-order valence-corrected chi connectivity index (χ2v) is 24.7. The van der Waals surface area contributed by atoms with Crippen molar-refractivity contribution in [1.82, 2.24) is 9.55 Å². The van der Waals surface area contributed by atoms with Gasteiger partial charge >= 0.3 is 22.8 Å². The van der Waals surface area contributed by atoms with Gasteiger partial charge in [-0.1, -0.05) is 61.1 Å². The van der Waals surface area contributed by atoms with Gasteiger partial charge in [-0.3, -0.25) is 14.3 Å². The maximum absolute atomic E-state index is 12.9. The zero-order valence-corrected chi connectivity index (χ0v) is 27.1. The molecule has 1 N–H and O–H groups in total. The number of H-pyrrole nitrogens is 1. The summed E-state index contributed by atoms with van der Waals surface area (Å²) in [6.45, 7) is 25.7. The van der Waals surface area contributed by atoms with Gasteiger partial charge in [0.25, 0.3) is 5.56 Å². The van der Waals surface area contributed by atoms with Crippen LogP contribution >= 0.6 is 0 Å². The van der Waals surface area contributed by atoms with Crippen molar-refractivity contribution in [3.63, 3.8) is 0 Å². The molecule has 2 saturated heterocycles. The molecule has 0 bridgehead atoms. The summed E-state index contributed by atoms with van der Waals surface area (Å²) in [5.74, 6) is 0. The van der Waals surface area contributed by atoms with E-state index >= 15 is 0 Å². The molecule has 210 valence electrons. The van der Waals surface area contributed by atoms with Crippen LogP contribution in [0.3, 0.4) is 0 Å². The first-order valence-corrected chi connectivity index (χ1v) is 20.3. The SMILES string of the molecule is C=C[Si](C)(C)O[C@@H]1[C@@H]2O[Si](C(C)C)(C(C)C)O[Si](C(C)C)(C(C)C)OC[C@H]2O[C@@H]1n1ccc(=O)[nH]c1=O. The quantitative estimate of drug-likeness (QED) is 0.452. The number of nitrogens with one attached hydrogen (secondary N) is 1. The summed E-state index contributed by atoms with van der Waals surface area (Å²) in [5, 5.41) is 0. The molecular formula is C25H46N2O7Si3. The molecule has 4 atom stereocenters. The van der Waals surface area contributed by atoms with E-state index in [4.69, 9.17) is 22.1 Å². The molecule has 1 aromatic rings. The first kappa shape index (κ1) is 30.4. The number of aromatic amines is 1. The average molecular weight is 571 g/mol. The van der Waals surface area contributed by atoms with Crippen LogP contribution < -0.4 is 11.2 Å². The highest BCUT2D eigenvalue weighted by Crippen LogP contribution is 2.49. The Kier molecular flexibility index (Phi) is 9.17. The highest BCUT2D eigenvalue weighted by molar-refractivity contribution is 6.84. The van der Waals surface area contributed by atoms with Crippen LogP contribution in [0, 0.1) is 0 Å². The van der Waals surface area contributed by atoms with E-state index in [2.05, 4.69) is 67.0 Å². The van der Waals surface area contributed by atoms with E-state index in [1.165, 1.54) is 16.8 Å². The van der Waals surface area contributed by atoms with Crippen molar-refractivity contribution in [3.8, 4) is 0 Å². The van der Waals surface area contributed by atoms with Crippen LogP contribution in [0.1, 0.15) is 61.6 Å². The summed E-state index contributed by atoms with van der Waals surface area (Å²) in [4.78, 5) is 27.0. The molecule has 9 nitrogen and oxygen atoms in total. The lowest BCUT2D eigenvalue weighted by Gasteiger charge is -2.51. The highest BCUT2D eigenvalue weighted by Gasteiger charge is 2.62. The Balaban J connectivity index is 2.20. The largest absolute Gasteiger partial charge is 0.414 e. The second kappa shape index (κ2) is 11.2. The van der Waals surface area contributed by atoms with Crippen molar-refractivity contribution in [1.29, 1.82) is 0 Å². The van der Waals surface area contributed by atoms with Gasteiger partial charge in [0, 0.05) is 12.3 Å². The summed E-state index contributed by atoms with van der Waals surface area (Å²) in [7, 11) is -8.03. The van der Waals surface area contributed by atoms with Gasteiger partial charge in [0.05, 0.1) is 6.61 Å². The topological polar surface area (TPSA) is 101 Å². The fourth-order valence-electron chi connectivity index (χ4n) is 5.50. The molecule has 0 unspecified atom stereocenters. The molecule has 3 heterocycles. The van der Waals surface area contributed by atoms with E-state index in [-0.39, 0.29) is 28.8 Å². The van der Waals surface area contributed by atoms with Crippen molar-refractivity contribution < 1.29 is 22.1 Å². The van der Waals surface area contributed by atoms with E-state index in [1.807, 2.05) is 18.8 Å². The van der Waals surface area contributed by atoms with E-state index in [0.717, 1.165) is 0 Å². The number of hydrogen-bond acceptors (Lipinski definition) is 7. The summed E-state index contributed by atoms with van der Waals surface area (Å²) in [5.41, 5.74) is 1.52. The van der Waals surface area contributed by atoms with Crippen molar-refractivity contribution >= 4 is 25.4 Å². The van der Waals surface area contributed by atoms with Gasteiger partial charge < -0.3 is 22.1 Å². The Bertz CT molecular complexity index is 1050. The van der Waals surface area contributed by atoms with Crippen LogP contribution in [0.4, 0.5) is 0 Å². The van der Waals surface area contributed by atoms with Crippen LogP contribution in [-0.2, 0) is 22.1 Å². The lowest BCUT2D eigenvalue weighted by atomic mass is 10.1. The van der Waals surface area contributed by atoms with Crippen LogP contribution in [0.25, 0.3) is 0 Å². The lowest BCUT2D eigenvalue weighted by molar-refractivity contribution is -0.0592. The zero-order valence-electron chi connectivity index (χ0n) is 24.1. The standard InChI is InChI=1S/C25H46N2O7Si3/c1-12-35(10,11)32-23-22-20(31-24(23)27-14-13-21(28)26-25(27)29)15-30-36(16(2)3,17(4)5)34-37(33-22,18(6)7)19(8)9/h12-14,16-20,22-24H,1,15H2,2-11H3,(H,26,28,29)/t20-,22-,23-,24+/m1/s1. The van der Waals surface area contributed by atoms with Crippen molar-refractivity contribution in [2.24, 2.45) is 0 Å². The molecule has 2 fully saturated rings. The number of ether oxygens (including phenoxy) is 1. The maximum atomic E-state index is 12.9. The Morgan fingerprint density at radius 2 is 1.62 bits per heavy atom. The third-order valence-electron chi connectivity index (χ3n) is 7.67. The smallest absolute Gasteiger partial charge is 0.335 e. The molecule has 0 spiro atoms. The predicted molar refractivity (Wildman–Crippen MR) is 152 cm³/mol. The monoisotopic (exact) mass is 570 g/mol. The minimum atomic E-state index is -2.93. The summed E-state index contributed by atoms with van der Waals surface area (Å²) < 4.78 is 36.0. The molecule has 0 amide bonds. The lowest BCUT2D eigenvalue weighted by Crippen LogP contribution is -2.66. The zero-order chi connectivity index (χ0) is 27.9. The number of nitrogens with zero attached hydrogens (tertiary/aromatic N) is 1.